The molecule has 0 spiro atoms. The van der Waals surface area contributed by atoms with E-state index < -0.39 is 9.84 Å². The average Bonchev–Trinajstić information content (AvgIpc) is 2.99. The smallest absolute Gasteiger partial charge is 0.231 e. The summed E-state index contributed by atoms with van der Waals surface area (Å²) in [7, 11) is -3.09. The van der Waals surface area contributed by atoms with Crippen LogP contribution in [0.3, 0.4) is 0 Å². The molecule has 0 bridgehead atoms. The zero-order valence-electron chi connectivity index (χ0n) is 15.5. The Bertz CT molecular complexity index is 770. The molecule has 2 saturated heterocycles. The summed E-state index contributed by atoms with van der Waals surface area (Å²) in [4.78, 5) is 17.5. The number of hydrogen-bond acceptors (Lipinski definition) is 5. The molecule has 1 aromatic rings. The van der Waals surface area contributed by atoms with Crippen LogP contribution in [0.1, 0.15) is 26.7 Å². The zero-order chi connectivity index (χ0) is 18.5. The van der Waals surface area contributed by atoms with Gasteiger partial charge in [0.1, 0.15) is 0 Å². The maximum atomic E-state index is 13.4. The molecule has 0 unspecified atom stereocenters. The number of aromatic nitrogens is 2. The minimum Gasteiger partial charge on any atom is -0.335 e. The van der Waals surface area contributed by atoms with E-state index >= 15 is 0 Å². The first kappa shape index (κ1) is 18.0. The van der Waals surface area contributed by atoms with Gasteiger partial charge in [-0.05, 0) is 24.8 Å². The van der Waals surface area contributed by atoms with Crippen LogP contribution in [0.15, 0.2) is 18.5 Å². The Labute approximate surface area is 155 Å². The molecule has 3 aliphatic rings. The summed E-state index contributed by atoms with van der Waals surface area (Å²) in [5.41, 5.74) is -0.386. The molecule has 26 heavy (non-hydrogen) atoms. The highest BCUT2D eigenvalue weighted by Crippen LogP contribution is 2.49. The third-order valence-electron chi connectivity index (χ3n) is 5.98. The molecule has 1 aromatic heterocycles. The molecule has 0 radical (unpaired) electrons. The largest absolute Gasteiger partial charge is 0.335 e. The van der Waals surface area contributed by atoms with Gasteiger partial charge >= 0.3 is 0 Å². The highest BCUT2D eigenvalue weighted by atomic mass is 32.2. The van der Waals surface area contributed by atoms with Crippen molar-refractivity contribution in [3.63, 3.8) is 0 Å². The predicted octanol–water partition coefficient (Wildman–Crippen LogP) is 0.629. The number of amides is 1. The molecule has 7 nitrogen and oxygen atoms in total. The highest BCUT2D eigenvalue weighted by Gasteiger charge is 2.56. The normalized spacial score (nSPS) is 29.7. The molecule has 2 aliphatic heterocycles. The Morgan fingerprint density at radius 3 is 2.58 bits per heavy atom. The van der Waals surface area contributed by atoms with Crippen molar-refractivity contribution in [2.75, 3.05) is 31.1 Å². The van der Waals surface area contributed by atoms with Gasteiger partial charge in [0.25, 0.3) is 0 Å². The fourth-order valence-electron chi connectivity index (χ4n) is 4.57. The molecule has 0 N–H and O–H groups in total. The lowest BCUT2D eigenvalue weighted by atomic mass is 9.98. The van der Waals surface area contributed by atoms with Gasteiger partial charge in [-0.15, -0.1) is 0 Å². The number of piperazine rings is 1. The number of nitrogens with zero attached hydrogens (tertiary/aromatic N) is 4. The molecular formula is C18H28N4O3S. The van der Waals surface area contributed by atoms with E-state index in [0.29, 0.717) is 19.0 Å². The fourth-order valence-corrected chi connectivity index (χ4v) is 6.58. The van der Waals surface area contributed by atoms with Gasteiger partial charge in [-0.1, -0.05) is 13.8 Å². The van der Waals surface area contributed by atoms with E-state index in [1.165, 1.54) is 0 Å². The van der Waals surface area contributed by atoms with Crippen molar-refractivity contribution in [3.8, 4) is 0 Å². The van der Waals surface area contributed by atoms with Crippen LogP contribution in [-0.2, 0) is 21.2 Å². The van der Waals surface area contributed by atoms with Crippen LogP contribution in [0.5, 0.6) is 0 Å². The number of rotatable bonds is 5. The van der Waals surface area contributed by atoms with E-state index in [-0.39, 0.29) is 34.9 Å². The summed E-state index contributed by atoms with van der Waals surface area (Å²) in [5, 5.41) is 4.25. The van der Waals surface area contributed by atoms with E-state index in [4.69, 9.17) is 0 Å². The summed E-state index contributed by atoms with van der Waals surface area (Å²) in [5.74, 6) is 0.899. The first-order chi connectivity index (χ1) is 12.3. The van der Waals surface area contributed by atoms with Gasteiger partial charge < -0.3 is 4.90 Å². The van der Waals surface area contributed by atoms with Gasteiger partial charge in [-0.2, -0.15) is 5.10 Å². The minimum absolute atomic E-state index is 0.0550. The lowest BCUT2D eigenvalue weighted by molar-refractivity contribution is -0.143. The number of fused-ring (bicyclic) bond motifs is 1. The maximum absolute atomic E-state index is 13.4. The van der Waals surface area contributed by atoms with Gasteiger partial charge in [0, 0.05) is 38.1 Å². The van der Waals surface area contributed by atoms with Gasteiger partial charge in [-0.3, -0.25) is 14.4 Å². The van der Waals surface area contributed by atoms with Crippen molar-refractivity contribution in [1.82, 2.24) is 19.6 Å². The summed E-state index contributed by atoms with van der Waals surface area (Å²) in [6, 6.07) is 1.61. The minimum atomic E-state index is -3.09. The van der Waals surface area contributed by atoms with Crippen LogP contribution in [0.4, 0.5) is 0 Å². The first-order valence-electron chi connectivity index (χ1n) is 9.53. The molecule has 2 atom stereocenters. The summed E-state index contributed by atoms with van der Waals surface area (Å²) >= 11 is 0. The van der Waals surface area contributed by atoms with Crippen molar-refractivity contribution < 1.29 is 13.2 Å². The van der Waals surface area contributed by atoms with Crippen LogP contribution < -0.4 is 0 Å². The van der Waals surface area contributed by atoms with Crippen molar-refractivity contribution in [1.29, 1.82) is 0 Å². The van der Waals surface area contributed by atoms with E-state index in [1.54, 1.807) is 6.20 Å². The number of carbonyl (C=O) groups excluding carboxylic acids is 1. The van der Waals surface area contributed by atoms with Crippen molar-refractivity contribution in [2.24, 2.45) is 11.3 Å². The summed E-state index contributed by atoms with van der Waals surface area (Å²) in [6.45, 7) is 7.17. The van der Waals surface area contributed by atoms with E-state index in [2.05, 4.69) is 23.8 Å². The lowest BCUT2D eigenvalue weighted by Gasteiger charge is -2.45. The van der Waals surface area contributed by atoms with Crippen LogP contribution in [0.2, 0.25) is 0 Å². The third kappa shape index (κ3) is 3.29. The Morgan fingerprint density at radius 2 is 1.96 bits per heavy atom. The fraction of sp³-hybridized carbons (Fsp3) is 0.778. The lowest BCUT2D eigenvalue weighted by Crippen LogP contribution is -2.62. The molecular weight excluding hydrogens is 352 g/mol. The van der Waals surface area contributed by atoms with Gasteiger partial charge in [0.15, 0.2) is 9.84 Å². The van der Waals surface area contributed by atoms with Crippen LogP contribution in [0, 0.1) is 11.3 Å². The Hall–Kier alpha value is -1.41. The van der Waals surface area contributed by atoms with Crippen LogP contribution in [0.25, 0.3) is 0 Å². The van der Waals surface area contributed by atoms with Crippen molar-refractivity contribution in [2.45, 2.75) is 45.3 Å². The van der Waals surface area contributed by atoms with Crippen molar-refractivity contribution >= 4 is 15.7 Å². The summed E-state index contributed by atoms with van der Waals surface area (Å²) < 4.78 is 26.5. The second-order valence-corrected chi connectivity index (χ2v) is 10.7. The molecule has 3 fully saturated rings. The van der Waals surface area contributed by atoms with Crippen molar-refractivity contribution in [3.05, 3.63) is 18.5 Å². The van der Waals surface area contributed by atoms with E-state index in [0.717, 1.165) is 25.9 Å². The maximum Gasteiger partial charge on any atom is 0.231 e. The topological polar surface area (TPSA) is 75.5 Å². The molecule has 1 saturated carbocycles. The molecule has 3 heterocycles. The molecule has 1 amide bonds. The zero-order valence-corrected chi connectivity index (χ0v) is 16.4. The molecule has 0 aromatic carbocycles. The highest BCUT2D eigenvalue weighted by molar-refractivity contribution is 7.91. The SMILES string of the molecule is CC(C)CN1CCN(C(=O)C2(Cn3cccn3)CC2)[C@@H]2CS(=O)(=O)C[C@@H]21. The number of sulfone groups is 1. The number of carbonyl (C=O) groups is 1. The van der Waals surface area contributed by atoms with Gasteiger partial charge in [-0.25, -0.2) is 8.42 Å². The van der Waals surface area contributed by atoms with Crippen LogP contribution in [-0.4, -0.2) is 77.1 Å². The van der Waals surface area contributed by atoms with E-state index in [1.807, 2.05) is 21.8 Å². The second kappa shape index (κ2) is 6.34. The Morgan fingerprint density at radius 1 is 1.23 bits per heavy atom. The standard InChI is InChI=1S/C18H28N4O3S/c1-14(2)10-20-8-9-22(16-12-26(24,25)11-15(16)20)17(23)18(4-5-18)13-21-7-3-6-19-21/h3,6-7,14-16H,4-5,8-13H2,1-2H3/t15-,16+/m0/s1. The predicted molar refractivity (Wildman–Crippen MR) is 98.2 cm³/mol. The van der Waals surface area contributed by atoms with E-state index in [9.17, 15) is 13.2 Å². The average molecular weight is 381 g/mol. The molecule has 4 rings (SSSR count). The molecule has 144 valence electrons. The first-order valence-corrected chi connectivity index (χ1v) is 11.3. The molecule has 1 aliphatic carbocycles. The Balaban J connectivity index is 1.54. The Kier molecular flexibility index (Phi) is 4.38. The number of hydrogen-bond donors (Lipinski definition) is 0. The van der Waals surface area contributed by atoms with Gasteiger partial charge in [0.2, 0.25) is 5.91 Å². The van der Waals surface area contributed by atoms with Gasteiger partial charge in [0.05, 0.1) is 29.5 Å². The third-order valence-corrected chi connectivity index (χ3v) is 7.68. The molecule has 8 heteroatoms. The van der Waals surface area contributed by atoms with Crippen LogP contribution >= 0.6 is 0 Å². The summed E-state index contributed by atoms with van der Waals surface area (Å²) in [6.07, 6.45) is 5.34. The second-order valence-electron chi connectivity index (χ2n) is 8.58. The monoisotopic (exact) mass is 380 g/mol. The quantitative estimate of drug-likeness (QED) is 0.749.